The molecule has 2 aromatic heterocycles. The lowest BCUT2D eigenvalue weighted by Crippen LogP contribution is -2.48. The number of alkyl halides is 3. The van der Waals surface area contributed by atoms with Crippen LogP contribution >= 0.6 is 0 Å². The molecule has 1 amide bonds. The van der Waals surface area contributed by atoms with Gasteiger partial charge in [0, 0.05) is 39.1 Å². The van der Waals surface area contributed by atoms with E-state index in [-0.39, 0.29) is 5.91 Å². The van der Waals surface area contributed by atoms with Crippen molar-refractivity contribution in [2.75, 3.05) is 36.4 Å². The molecule has 0 saturated carbocycles. The van der Waals surface area contributed by atoms with Crippen LogP contribution in [0.3, 0.4) is 0 Å². The number of halogens is 3. The van der Waals surface area contributed by atoms with E-state index in [4.69, 9.17) is 0 Å². The molecule has 1 aliphatic rings. The Morgan fingerprint density at radius 3 is 2.53 bits per heavy atom. The van der Waals surface area contributed by atoms with Gasteiger partial charge in [-0.3, -0.25) is 4.79 Å². The van der Waals surface area contributed by atoms with Crippen molar-refractivity contribution >= 4 is 28.4 Å². The lowest BCUT2D eigenvalue weighted by molar-refractivity contribution is -0.137. The normalized spacial score (nSPS) is 15.7. The molecule has 32 heavy (non-hydrogen) atoms. The van der Waals surface area contributed by atoms with Gasteiger partial charge in [0.25, 0.3) is 0 Å². The first-order chi connectivity index (χ1) is 15.2. The van der Waals surface area contributed by atoms with Crippen molar-refractivity contribution in [3.63, 3.8) is 0 Å². The molecular formula is C22H23F3N6O. The number of hydrogen-bond donors (Lipinski definition) is 1. The Labute approximate surface area is 183 Å². The second kappa shape index (κ2) is 8.60. The zero-order chi connectivity index (χ0) is 22.9. The van der Waals surface area contributed by atoms with Gasteiger partial charge in [0.15, 0.2) is 5.65 Å². The van der Waals surface area contributed by atoms with Crippen molar-refractivity contribution in [3.05, 3.63) is 54.0 Å². The van der Waals surface area contributed by atoms with Crippen LogP contribution in [0.5, 0.6) is 0 Å². The van der Waals surface area contributed by atoms with Gasteiger partial charge in [-0.2, -0.15) is 13.2 Å². The summed E-state index contributed by atoms with van der Waals surface area (Å²) in [6.45, 7) is 5.98. The summed E-state index contributed by atoms with van der Waals surface area (Å²) in [5, 5.41) is 3.88. The van der Waals surface area contributed by atoms with Crippen molar-refractivity contribution in [3.8, 4) is 0 Å². The number of carbonyl (C=O) groups is 1. The van der Waals surface area contributed by atoms with Crippen molar-refractivity contribution in [1.82, 2.24) is 19.9 Å². The standard InChI is InChI=1S/C22H23F3N6O/c1-14(16-4-3-5-17(10-16)22(23,24)25)29-21-19-11-18(12-26-20(19)27-13-28-21)31-8-6-30(7-9-31)15(2)32/h3-5,10-14H,6-9H2,1-2H3,(H,26,27,28,29). The van der Waals surface area contributed by atoms with Gasteiger partial charge in [-0.15, -0.1) is 0 Å². The predicted molar refractivity (Wildman–Crippen MR) is 115 cm³/mol. The highest BCUT2D eigenvalue weighted by Gasteiger charge is 2.30. The van der Waals surface area contributed by atoms with Crippen LogP contribution in [-0.2, 0) is 11.0 Å². The van der Waals surface area contributed by atoms with E-state index in [0.717, 1.165) is 17.8 Å². The van der Waals surface area contributed by atoms with E-state index in [1.54, 1.807) is 31.0 Å². The predicted octanol–water partition coefficient (Wildman–Crippen LogP) is 3.89. The van der Waals surface area contributed by atoms with Gasteiger partial charge in [0.2, 0.25) is 5.91 Å². The van der Waals surface area contributed by atoms with Crippen LogP contribution in [0.25, 0.3) is 11.0 Å². The summed E-state index contributed by atoms with van der Waals surface area (Å²) in [6, 6.07) is 6.74. The molecule has 0 spiro atoms. The van der Waals surface area contributed by atoms with E-state index in [0.29, 0.717) is 48.6 Å². The number of fused-ring (bicyclic) bond motifs is 1. The van der Waals surface area contributed by atoms with Gasteiger partial charge in [0.1, 0.15) is 12.1 Å². The second-order valence-corrected chi connectivity index (χ2v) is 7.77. The highest BCUT2D eigenvalue weighted by molar-refractivity contribution is 5.88. The van der Waals surface area contributed by atoms with Gasteiger partial charge in [-0.05, 0) is 30.7 Å². The third-order valence-electron chi connectivity index (χ3n) is 5.63. The molecule has 1 aliphatic heterocycles. The van der Waals surface area contributed by atoms with Crippen LogP contribution < -0.4 is 10.2 Å². The Morgan fingerprint density at radius 1 is 1.09 bits per heavy atom. The molecule has 10 heteroatoms. The lowest BCUT2D eigenvalue weighted by Gasteiger charge is -2.35. The molecule has 1 N–H and O–H groups in total. The number of amides is 1. The molecule has 7 nitrogen and oxygen atoms in total. The SMILES string of the molecule is CC(=O)N1CCN(c2cnc3ncnc(NC(C)c4cccc(C(F)(F)F)c4)c3c2)CC1. The number of rotatable bonds is 4. The van der Waals surface area contributed by atoms with Gasteiger partial charge in [0.05, 0.1) is 22.8 Å². The Morgan fingerprint density at radius 2 is 1.84 bits per heavy atom. The molecule has 1 saturated heterocycles. The first-order valence-corrected chi connectivity index (χ1v) is 10.3. The number of benzene rings is 1. The molecular weight excluding hydrogens is 421 g/mol. The van der Waals surface area contributed by atoms with Gasteiger partial charge < -0.3 is 15.1 Å². The topological polar surface area (TPSA) is 74.2 Å². The maximum atomic E-state index is 13.1. The highest BCUT2D eigenvalue weighted by atomic mass is 19.4. The molecule has 1 fully saturated rings. The van der Waals surface area contributed by atoms with Crippen LogP contribution in [-0.4, -0.2) is 51.9 Å². The third kappa shape index (κ3) is 4.58. The quantitative estimate of drug-likeness (QED) is 0.658. The van der Waals surface area contributed by atoms with E-state index < -0.39 is 17.8 Å². The molecule has 0 aliphatic carbocycles. The summed E-state index contributed by atoms with van der Waals surface area (Å²) in [5.41, 5.74) is 1.18. The summed E-state index contributed by atoms with van der Waals surface area (Å²) < 4.78 is 39.2. The summed E-state index contributed by atoms with van der Waals surface area (Å²) in [5.74, 6) is 0.557. The lowest BCUT2D eigenvalue weighted by atomic mass is 10.0. The zero-order valence-corrected chi connectivity index (χ0v) is 17.7. The fraction of sp³-hybridized carbons (Fsp3) is 0.364. The largest absolute Gasteiger partial charge is 0.416 e. The summed E-state index contributed by atoms with van der Waals surface area (Å²) in [7, 11) is 0. The highest BCUT2D eigenvalue weighted by Crippen LogP contribution is 2.32. The molecule has 4 rings (SSSR count). The maximum Gasteiger partial charge on any atom is 0.416 e. The van der Waals surface area contributed by atoms with Crippen molar-refractivity contribution < 1.29 is 18.0 Å². The van der Waals surface area contributed by atoms with E-state index in [9.17, 15) is 18.0 Å². The van der Waals surface area contributed by atoms with Gasteiger partial charge in [-0.25, -0.2) is 15.0 Å². The van der Waals surface area contributed by atoms with Crippen LogP contribution in [0, 0.1) is 0 Å². The summed E-state index contributed by atoms with van der Waals surface area (Å²) in [6.07, 6.45) is -1.29. The first-order valence-electron chi connectivity index (χ1n) is 10.3. The van der Waals surface area contributed by atoms with E-state index >= 15 is 0 Å². The minimum absolute atomic E-state index is 0.0600. The minimum atomic E-state index is -4.40. The smallest absolute Gasteiger partial charge is 0.367 e. The van der Waals surface area contributed by atoms with Crippen LogP contribution in [0.15, 0.2) is 42.9 Å². The third-order valence-corrected chi connectivity index (χ3v) is 5.63. The molecule has 1 aromatic carbocycles. The van der Waals surface area contributed by atoms with Crippen LogP contribution in [0.1, 0.15) is 31.0 Å². The monoisotopic (exact) mass is 444 g/mol. The Hall–Kier alpha value is -3.43. The number of piperazine rings is 1. The number of hydrogen-bond acceptors (Lipinski definition) is 6. The number of nitrogens with zero attached hydrogens (tertiary/aromatic N) is 5. The van der Waals surface area contributed by atoms with Crippen molar-refractivity contribution in [2.45, 2.75) is 26.1 Å². The van der Waals surface area contributed by atoms with Crippen molar-refractivity contribution in [1.29, 1.82) is 0 Å². The van der Waals surface area contributed by atoms with Gasteiger partial charge >= 0.3 is 6.18 Å². The molecule has 3 heterocycles. The molecule has 168 valence electrons. The number of carbonyl (C=O) groups excluding carboxylic acids is 1. The summed E-state index contributed by atoms with van der Waals surface area (Å²) >= 11 is 0. The van der Waals surface area contributed by atoms with E-state index in [2.05, 4.69) is 25.2 Å². The Kier molecular flexibility index (Phi) is 5.86. The zero-order valence-electron chi connectivity index (χ0n) is 17.7. The summed E-state index contributed by atoms with van der Waals surface area (Å²) in [4.78, 5) is 28.5. The molecule has 1 unspecified atom stereocenters. The number of anilines is 2. The number of aromatic nitrogens is 3. The van der Waals surface area contributed by atoms with Gasteiger partial charge in [-0.1, -0.05) is 12.1 Å². The Balaban J connectivity index is 1.58. The number of pyridine rings is 1. The van der Waals surface area contributed by atoms with E-state index in [1.807, 2.05) is 6.07 Å². The average Bonchev–Trinajstić information content (AvgIpc) is 2.78. The molecule has 3 aromatic rings. The Bertz CT molecular complexity index is 1130. The van der Waals surface area contributed by atoms with Crippen molar-refractivity contribution in [2.24, 2.45) is 0 Å². The van der Waals surface area contributed by atoms with Crippen LogP contribution in [0.2, 0.25) is 0 Å². The fourth-order valence-electron chi connectivity index (χ4n) is 3.77. The fourth-order valence-corrected chi connectivity index (χ4v) is 3.77. The average molecular weight is 444 g/mol. The molecule has 1 atom stereocenters. The van der Waals surface area contributed by atoms with E-state index in [1.165, 1.54) is 12.4 Å². The molecule has 0 bridgehead atoms. The van der Waals surface area contributed by atoms with Crippen LogP contribution in [0.4, 0.5) is 24.7 Å². The number of nitrogens with one attached hydrogen (secondary N) is 1. The maximum absolute atomic E-state index is 13.1. The minimum Gasteiger partial charge on any atom is -0.367 e. The first kappa shape index (κ1) is 21.8. The molecule has 0 radical (unpaired) electrons. The second-order valence-electron chi connectivity index (χ2n) is 7.77.